The maximum absolute atomic E-state index is 13.7. The van der Waals surface area contributed by atoms with E-state index >= 15 is 0 Å². The van der Waals surface area contributed by atoms with Crippen molar-refractivity contribution in [1.29, 1.82) is 0 Å². The monoisotopic (exact) mass is 330 g/mol. The summed E-state index contributed by atoms with van der Waals surface area (Å²) in [6.07, 6.45) is 0. The Kier molecular flexibility index (Phi) is 4.24. The third kappa shape index (κ3) is 3.37. The summed E-state index contributed by atoms with van der Waals surface area (Å²) in [7, 11) is -2.68. The van der Waals surface area contributed by atoms with Crippen molar-refractivity contribution in [1.82, 2.24) is 0 Å². The first kappa shape index (κ1) is 15.4. The highest BCUT2D eigenvalue weighted by molar-refractivity contribution is 7.92. The van der Waals surface area contributed by atoms with E-state index in [1.54, 1.807) is 0 Å². The number of nitrogens with two attached hydrogens (primary N) is 1. The van der Waals surface area contributed by atoms with E-state index in [-0.39, 0.29) is 21.3 Å². The largest absolute Gasteiger partial charge is 0.497 e. The Hall–Kier alpha value is -1.99. The first-order chi connectivity index (χ1) is 9.83. The summed E-state index contributed by atoms with van der Waals surface area (Å²) in [6.45, 7) is 0. The summed E-state index contributed by atoms with van der Waals surface area (Å²) in [4.78, 5) is -0.225. The fraction of sp³-hybridized carbons (Fsp3) is 0.0769. The maximum atomic E-state index is 13.7. The van der Waals surface area contributed by atoms with Crippen molar-refractivity contribution in [3.05, 3.63) is 47.2 Å². The van der Waals surface area contributed by atoms with E-state index in [0.29, 0.717) is 5.75 Å². The standard InChI is InChI=1S/C13H12ClFN2O3S/c1-20-9-3-4-10(15)12(7-9)17-21(18,19)13-6-8(14)2-5-11(13)16/h2-7,17H,16H2,1H3. The molecular weight excluding hydrogens is 319 g/mol. The summed E-state index contributed by atoms with van der Waals surface area (Å²) < 4.78 is 45.3. The number of sulfonamides is 1. The first-order valence-corrected chi connectivity index (χ1v) is 7.61. The third-order valence-electron chi connectivity index (χ3n) is 2.68. The summed E-state index contributed by atoms with van der Waals surface area (Å²) in [5.74, 6) is -0.423. The summed E-state index contributed by atoms with van der Waals surface area (Å²) >= 11 is 5.76. The molecule has 0 amide bonds. The molecule has 0 aliphatic rings. The fourth-order valence-electron chi connectivity index (χ4n) is 1.65. The molecule has 0 aromatic heterocycles. The van der Waals surface area contributed by atoms with Gasteiger partial charge in [0.05, 0.1) is 18.5 Å². The van der Waals surface area contributed by atoms with Crippen LogP contribution in [0.3, 0.4) is 0 Å². The molecule has 2 rings (SSSR count). The van der Waals surface area contributed by atoms with Gasteiger partial charge in [0.1, 0.15) is 16.5 Å². The lowest BCUT2D eigenvalue weighted by molar-refractivity contribution is 0.414. The third-order valence-corrected chi connectivity index (χ3v) is 4.34. The van der Waals surface area contributed by atoms with E-state index in [1.165, 1.54) is 37.4 Å². The Morgan fingerprint density at radius 1 is 1.24 bits per heavy atom. The Labute approximate surface area is 126 Å². The highest BCUT2D eigenvalue weighted by Gasteiger charge is 2.20. The number of benzene rings is 2. The van der Waals surface area contributed by atoms with E-state index in [1.807, 2.05) is 0 Å². The van der Waals surface area contributed by atoms with Gasteiger partial charge < -0.3 is 10.5 Å². The van der Waals surface area contributed by atoms with Crippen molar-refractivity contribution in [3.8, 4) is 5.75 Å². The topological polar surface area (TPSA) is 81.4 Å². The Balaban J connectivity index is 2.44. The van der Waals surface area contributed by atoms with Gasteiger partial charge in [-0.3, -0.25) is 4.72 Å². The van der Waals surface area contributed by atoms with Crippen molar-refractivity contribution >= 4 is 33.0 Å². The molecule has 21 heavy (non-hydrogen) atoms. The normalized spacial score (nSPS) is 11.2. The zero-order valence-corrected chi connectivity index (χ0v) is 12.5. The molecule has 0 spiro atoms. The van der Waals surface area contributed by atoms with E-state index in [2.05, 4.69) is 4.72 Å². The van der Waals surface area contributed by atoms with Crippen LogP contribution in [0, 0.1) is 5.82 Å². The molecule has 2 aromatic rings. The predicted octanol–water partition coefficient (Wildman–Crippen LogP) is 2.87. The predicted molar refractivity (Wildman–Crippen MR) is 79.6 cm³/mol. The highest BCUT2D eigenvalue weighted by Crippen LogP contribution is 2.27. The van der Waals surface area contributed by atoms with Gasteiger partial charge in [-0.05, 0) is 30.3 Å². The van der Waals surface area contributed by atoms with Crippen molar-refractivity contribution in [2.24, 2.45) is 0 Å². The molecule has 0 saturated carbocycles. The van der Waals surface area contributed by atoms with Crippen LogP contribution < -0.4 is 15.2 Å². The molecular formula is C13H12ClFN2O3S. The zero-order chi connectivity index (χ0) is 15.6. The number of ether oxygens (including phenoxy) is 1. The smallest absolute Gasteiger partial charge is 0.264 e. The Bertz CT molecular complexity index is 781. The Morgan fingerprint density at radius 2 is 1.95 bits per heavy atom. The molecule has 5 nitrogen and oxygen atoms in total. The molecule has 0 unspecified atom stereocenters. The molecule has 2 aromatic carbocycles. The number of hydrogen-bond acceptors (Lipinski definition) is 4. The zero-order valence-electron chi connectivity index (χ0n) is 10.9. The van der Waals surface area contributed by atoms with Crippen LogP contribution in [0.4, 0.5) is 15.8 Å². The second-order valence-electron chi connectivity index (χ2n) is 4.13. The molecule has 0 saturated heterocycles. The van der Waals surface area contributed by atoms with Crippen molar-refractivity contribution in [2.45, 2.75) is 4.90 Å². The van der Waals surface area contributed by atoms with Crippen LogP contribution in [-0.2, 0) is 10.0 Å². The molecule has 0 aliphatic carbocycles. The molecule has 0 aliphatic heterocycles. The van der Waals surface area contributed by atoms with Crippen LogP contribution in [0.2, 0.25) is 5.02 Å². The van der Waals surface area contributed by atoms with Crippen molar-refractivity contribution in [2.75, 3.05) is 17.6 Å². The quantitative estimate of drug-likeness (QED) is 0.845. The molecule has 3 N–H and O–H groups in total. The van der Waals surface area contributed by atoms with Crippen molar-refractivity contribution in [3.63, 3.8) is 0 Å². The van der Waals surface area contributed by atoms with Gasteiger partial charge in [-0.25, -0.2) is 12.8 Å². The van der Waals surface area contributed by atoms with Crippen LogP contribution in [0.15, 0.2) is 41.3 Å². The molecule has 0 bridgehead atoms. The SMILES string of the molecule is COc1ccc(F)c(NS(=O)(=O)c2cc(Cl)ccc2N)c1. The minimum absolute atomic E-state index is 0.00945. The lowest BCUT2D eigenvalue weighted by atomic mass is 10.3. The highest BCUT2D eigenvalue weighted by atomic mass is 35.5. The Morgan fingerprint density at radius 3 is 2.62 bits per heavy atom. The number of anilines is 2. The van der Waals surface area contributed by atoms with Crippen LogP contribution in [0.5, 0.6) is 5.75 Å². The molecule has 0 fully saturated rings. The summed E-state index contributed by atoms with van der Waals surface area (Å²) in [6, 6.07) is 7.71. The van der Waals surface area contributed by atoms with Crippen LogP contribution in [-0.4, -0.2) is 15.5 Å². The lowest BCUT2D eigenvalue weighted by Crippen LogP contribution is -2.15. The molecule has 112 valence electrons. The van der Waals surface area contributed by atoms with Crippen LogP contribution >= 0.6 is 11.6 Å². The summed E-state index contributed by atoms with van der Waals surface area (Å²) in [5, 5.41) is 0.204. The number of rotatable bonds is 4. The van der Waals surface area contributed by atoms with Gasteiger partial charge in [0.15, 0.2) is 0 Å². The first-order valence-electron chi connectivity index (χ1n) is 5.75. The van der Waals surface area contributed by atoms with Gasteiger partial charge in [-0.1, -0.05) is 11.6 Å². The number of nitrogens with one attached hydrogen (secondary N) is 1. The van der Waals surface area contributed by atoms with E-state index < -0.39 is 15.8 Å². The average Bonchev–Trinajstić information content (AvgIpc) is 2.43. The van der Waals surface area contributed by atoms with Crippen LogP contribution in [0.1, 0.15) is 0 Å². The van der Waals surface area contributed by atoms with E-state index in [9.17, 15) is 12.8 Å². The van der Waals surface area contributed by atoms with Gasteiger partial charge in [0, 0.05) is 11.1 Å². The van der Waals surface area contributed by atoms with Gasteiger partial charge in [-0.15, -0.1) is 0 Å². The average molecular weight is 331 g/mol. The molecule has 0 heterocycles. The van der Waals surface area contributed by atoms with Gasteiger partial charge in [0.2, 0.25) is 0 Å². The maximum Gasteiger partial charge on any atom is 0.264 e. The number of methoxy groups -OCH3 is 1. The number of hydrogen-bond donors (Lipinski definition) is 2. The summed E-state index contributed by atoms with van der Waals surface area (Å²) in [5.41, 5.74) is 5.39. The van der Waals surface area contributed by atoms with Gasteiger partial charge in [0.25, 0.3) is 10.0 Å². The van der Waals surface area contributed by atoms with Gasteiger partial charge >= 0.3 is 0 Å². The number of halogens is 2. The second kappa shape index (κ2) is 5.79. The van der Waals surface area contributed by atoms with E-state index in [0.717, 1.165) is 6.07 Å². The second-order valence-corrected chi connectivity index (χ2v) is 6.22. The number of nitrogen functional groups attached to an aromatic ring is 1. The minimum atomic E-state index is -4.07. The van der Waals surface area contributed by atoms with Crippen molar-refractivity contribution < 1.29 is 17.5 Å². The minimum Gasteiger partial charge on any atom is -0.497 e. The van der Waals surface area contributed by atoms with Gasteiger partial charge in [-0.2, -0.15) is 0 Å². The van der Waals surface area contributed by atoms with Crippen LogP contribution in [0.25, 0.3) is 0 Å². The molecule has 0 atom stereocenters. The van der Waals surface area contributed by atoms with E-state index in [4.69, 9.17) is 22.1 Å². The molecule has 8 heteroatoms. The molecule has 0 radical (unpaired) electrons. The lowest BCUT2D eigenvalue weighted by Gasteiger charge is -2.12. The fourth-order valence-corrected chi connectivity index (χ4v) is 3.10.